The number of halogens is 2. The maximum Gasteiger partial charge on any atom is 0.363 e. The van der Waals surface area contributed by atoms with Gasteiger partial charge >= 0.3 is 5.97 Å². The molecule has 4 nitrogen and oxygen atoms in total. The van der Waals surface area contributed by atoms with Gasteiger partial charge in [0, 0.05) is 5.56 Å². The molecular formula is C23H15I2NO3. The van der Waals surface area contributed by atoms with E-state index >= 15 is 0 Å². The molecule has 0 N–H and O–H groups in total. The third kappa shape index (κ3) is 4.87. The third-order valence-electron chi connectivity index (χ3n) is 4.19. The lowest BCUT2D eigenvalue weighted by Crippen LogP contribution is -2.05. The molecule has 0 aliphatic carbocycles. The highest BCUT2D eigenvalue weighted by Gasteiger charge is 2.24. The second kappa shape index (κ2) is 9.08. The first-order chi connectivity index (χ1) is 14.1. The van der Waals surface area contributed by atoms with Crippen LogP contribution < -0.4 is 4.74 Å². The number of benzene rings is 3. The van der Waals surface area contributed by atoms with Crippen molar-refractivity contribution in [3.05, 3.63) is 102 Å². The Morgan fingerprint density at radius 3 is 2.21 bits per heavy atom. The molecule has 1 heterocycles. The largest absolute Gasteiger partial charge is 0.487 e. The highest BCUT2D eigenvalue weighted by atomic mass is 127. The van der Waals surface area contributed by atoms with Gasteiger partial charge in [-0.05, 0) is 86.7 Å². The molecule has 4 rings (SSSR count). The van der Waals surface area contributed by atoms with Crippen LogP contribution in [-0.4, -0.2) is 11.9 Å². The minimum absolute atomic E-state index is 0.286. The Bertz CT molecular complexity index is 1090. The number of hydrogen-bond acceptors (Lipinski definition) is 4. The van der Waals surface area contributed by atoms with Crippen molar-refractivity contribution in [3.8, 4) is 5.75 Å². The molecule has 3 aromatic carbocycles. The number of carbonyl (C=O) groups is 1. The summed E-state index contributed by atoms with van der Waals surface area (Å²) in [6.45, 7) is 0.504. The van der Waals surface area contributed by atoms with Crippen LogP contribution in [0.3, 0.4) is 0 Å². The fourth-order valence-electron chi connectivity index (χ4n) is 2.80. The lowest BCUT2D eigenvalue weighted by atomic mass is 10.2. The monoisotopic (exact) mass is 607 g/mol. The zero-order valence-electron chi connectivity index (χ0n) is 15.1. The molecule has 144 valence electrons. The van der Waals surface area contributed by atoms with Gasteiger partial charge in [0.15, 0.2) is 5.70 Å². The van der Waals surface area contributed by atoms with Gasteiger partial charge in [-0.2, -0.15) is 0 Å². The number of carbonyl (C=O) groups excluding carboxylic acids is 1. The molecule has 0 atom stereocenters. The molecule has 0 aromatic heterocycles. The average Bonchev–Trinajstić information content (AvgIpc) is 3.09. The van der Waals surface area contributed by atoms with E-state index in [9.17, 15) is 4.79 Å². The molecule has 0 unspecified atom stereocenters. The van der Waals surface area contributed by atoms with E-state index in [1.165, 1.54) is 0 Å². The summed E-state index contributed by atoms with van der Waals surface area (Å²) in [5.74, 6) is 0.715. The number of aliphatic imine (C=N–C) groups is 1. The van der Waals surface area contributed by atoms with Crippen LogP contribution in [0.2, 0.25) is 0 Å². The van der Waals surface area contributed by atoms with Gasteiger partial charge in [0.1, 0.15) is 12.4 Å². The van der Waals surface area contributed by atoms with E-state index in [0.717, 1.165) is 29.6 Å². The SMILES string of the molecule is O=C1OC(c2ccccc2)=N/C1=C/c1cc(I)c(OCc2ccccc2)c(I)c1. The van der Waals surface area contributed by atoms with Crippen molar-refractivity contribution in [2.75, 3.05) is 0 Å². The maximum absolute atomic E-state index is 12.2. The van der Waals surface area contributed by atoms with E-state index in [-0.39, 0.29) is 5.70 Å². The summed E-state index contributed by atoms with van der Waals surface area (Å²) in [5.41, 5.74) is 3.05. The van der Waals surface area contributed by atoms with Crippen molar-refractivity contribution in [2.45, 2.75) is 6.61 Å². The number of rotatable bonds is 5. The lowest BCUT2D eigenvalue weighted by Gasteiger charge is -2.11. The maximum atomic E-state index is 12.2. The van der Waals surface area contributed by atoms with Crippen molar-refractivity contribution >= 4 is 63.1 Å². The van der Waals surface area contributed by atoms with Crippen LogP contribution in [0.5, 0.6) is 5.75 Å². The van der Waals surface area contributed by atoms with E-state index in [4.69, 9.17) is 9.47 Å². The van der Waals surface area contributed by atoms with Crippen molar-refractivity contribution in [3.63, 3.8) is 0 Å². The number of hydrogen-bond donors (Lipinski definition) is 0. The molecule has 0 saturated carbocycles. The van der Waals surface area contributed by atoms with Crippen LogP contribution in [-0.2, 0) is 16.1 Å². The number of ether oxygens (including phenoxy) is 2. The second-order valence-corrected chi connectivity index (χ2v) is 8.61. The molecule has 3 aromatic rings. The van der Waals surface area contributed by atoms with Crippen LogP contribution in [0, 0.1) is 7.14 Å². The minimum Gasteiger partial charge on any atom is -0.487 e. The van der Waals surface area contributed by atoms with Crippen LogP contribution in [0.25, 0.3) is 6.08 Å². The van der Waals surface area contributed by atoms with Crippen LogP contribution in [0.4, 0.5) is 0 Å². The van der Waals surface area contributed by atoms with Crippen LogP contribution in [0.15, 0.2) is 83.5 Å². The second-order valence-electron chi connectivity index (χ2n) is 6.29. The average molecular weight is 607 g/mol. The van der Waals surface area contributed by atoms with E-state index in [2.05, 4.69) is 50.2 Å². The Kier molecular flexibility index (Phi) is 6.29. The molecular weight excluding hydrogens is 592 g/mol. The van der Waals surface area contributed by atoms with Gasteiger partial charge in [-0.3, -0.25) is 0 Å². The molecule has 0 radical (unpaired) electrons. The Hall–Kier alpha value is -2.20. The predicted octanol–water partition coefficient (Wildman–Crippen LogP) is 5.82. The van der Waals surface area contributed by atoms with E-state index < -0.39 is 5.97 Å². The Labute approximate surface area is 195 Å². The first-order valence-corrected chi connectivity index (χ1v) is 11.0. The van der Waals surface area contributed by atoms with E-state index in [1.54, 1.807) is 6.08 Å². The number of esters is 1. The fourth-order valence-corrected chi connectivity index (χ4v) is 4.93. The predicted molar refractivity (Wildman–Crippen MR) is 130 cm³/mol. The first kappa shape index (κ1) is 20.1. The molecule has 1 aliphatic heterocycles. The molecule has 0 saturated heterocycles. The third-order valence-corrected chi connectivity index (χ3v) is 5.79. The molecule has 0 bridgehead atoms. The highest BCUT2D eigenvalue weighted by molar-refractivity contribution is 14.1. The summed E-state index contributed by atoms with van der Waals surface area (Å²) in [6, 6.07) is 23.4. The van der Waals surface area contributed by atoms with Crippen molar-refractivity contribution in [1.82, 2.24) is 0 Å². The highest BCUT2D eigenvalue weighted by Crippen LogP contribution is 2.31. The van der Waals surface area contributed by atoms with Crippen LogP contribution in [0.1, 0.15) is 16.7 Å². The standard InChI is InChI=1S/C23H15I2NO3/c24-18-11-16(12-19(25)21(18)28-14-15-7-3-1-4-8-15)13-20-23(27)29-22(26-20)17-9-5-2-6-10-17/h1-13H,14H2/b20-13+. The van der Waals surface area contributed by atoms with E-state index in [1.807, 2.05) is 72.8 Å². The zero-order chi connectivity index (χ0) is 20.2. The normalized spacial score (nSPS) is 14.6. The molecule has 29 heavy (non-hydrogen) atoms. The van der Waals surface area contributed by atoms with Gasteiger partial charge in [-0.15, -0.1) is 0 Å². The minimum atomic E-state index is -0.446. The topological polar surface area (TPSA) is 47.9 Å². The van der Waals surface area contributed by atoms with Crippen molar-refractivity contribution < 1.29 is 14.3 Å². The summed E-state index contributed by atoms with van der Waals surface area (Å²) < 4.78 is 13.3. The van der Waals surface area contributed by atoms with Gasteiger partial charge in [-0.25, -0.2) is 9.79 Å². The molecule has 0 fully saturated rings. The Morgan fingerprint density at radius 2 is 1.55 bits per heavy atom. The summed E-state index contributed by atoms with van der Waals surface area (Å²) in [4.78, 5) is 16.6. The summed E-state index contributed by atoms with van der Waals surface area (Å²) >= 11 is 4.50. The molecule has 0 amide bonds. The van der Waals surface area contributed by atoms with Gasteiger partial charge in [0.2, 0.25) is 5.90 Å². The smallest absolute Gasteiger partial charge is 0.363 e. The quantitative estimate of drug-likeness (QED) is 0.209. The lowest BCUT2D eigenvalue weighted by molar-refractivity contribution is -0.129. The molecule has 6 heteroatoms. The van der Waals surface area contributed by atoms with Gasteiger partial charge in [-0.1, -0.05) is 48.5 Å². The molecule has 1 aliphatic rings. The van der Waals surface area contributed by atoms with Crippen LogP contribution >= 0.6 is 45.2 Å². The first-order valence-electron chi connectivity index (χ1n) is 8.84. The summed E-state index contributed by atoms with van der Waals surface area (Å²) in [6.07, 6.45) is 1.74. The number of nitrogens with zero attached hydrogens (tertiary/aromatic N) is 1. The number of cyclic esters (lactones) is 1. The van der Waals surface area contributed by atoms with Gasteiger partial charge in [0.25, 0.3) is 0 Å². The van der Waals surface area contributed by atoms with Gasteiger partial charge < -0.3 is 9.47 Å². The zero-order valence-corrected chi connectivity index (χ0v) is 19.5. The van der Waals surface area contributed by atoms with Crippen molar-refractivity contribution in [2.24, 2.45) is 4.99 Å². The van der Waals surface area contributed by atoms with Crippen molar-refractivity contribution in [1.29, 1.82) is 0 Å². The Morgan fingerprint density at radius 1 is 0.931 bits per heavy atom. The van der Waals surface area contributed by atoms with E-state index in [0.29, 0.717) is 12.5 Å². The summed E-state index contributed by atoms with van der Waals surface area (Å²) in [5, 5.41) is 0. The summed E-state index contributed by atoms with van der Waals surface area (Å²) in [7, 11) is 0. The van der Waals surface area contributed by atoms with Gasteiger partial charge in [0.05, 0.1) is 7.14 Å². The Balaban J connectivity index is 1.56. The molecule has 0 spiro atoms. The fraction of sp³-hybridized carbons (Fsp3) is 0.0435.